The molecule has 1 rings (SSSR count). The molecule has 0 amide bonds. The molecule has 2 nitrogen and oxygen atoms in total. The molecule has 0 aliphatic heterocycles. The van der Waals surface area contributed by atoms with Crippen molar-refractivity contribution in [2.45, 2.75) is 40.0 Å². The van der Waals surface area contributed by atoms with E-state index in [1.165, 1.54) is 20.0 Å². The number of rotatable bonds is 1. The highest BCUT2D eigenvalue weighted by molar-refractivity contribution is 5.73. The Balaban J connectivity index is 2.70. The zero-order chi connectivity index (χ0) is 10.1. The topological polar surface area (TPSA) is 26.3 Å². The second kappa shape index (κ2) is 3.69. The first-order valence-corrected chi connectivity index (χ1v) is 5.04. The van der Waals surface area contributed by atoms with E-state index in [0.29, 0.717) is 5.92 Å². The van der Waals surface area contributed by atoms with Crippen LogP contribution in [0.5, 0.6) is 0 Å². The summed E-state index contributed by atoms with van der Waals surface area (Å²) in [4.78, 5) is 11.4. The molecule has 0 aromatic carbocycles. The number of hydrogen-bond acceptors (Lipinski definition) is 2. The first kappa shape index (κ1) is 10.6. The van der Waals surface area contributed by atoms with Crippen LogP contribution in [0.3, 0.4) is 0 Å². The van der Waals surface area contributed by atoms with Gasteiger partial charge in [-0.25, -0.2) is 0 Å². The fourth-order valence-electron chi connectivity index (χ4n) is 2.43. The van der Waals surface area contributed by atoms with Crippen LogP contribution >= 0.6 is 0 Å². The van der Waals surface area contributed by atoms with E-state index >= 15 is 0 Å². The van der Waals surface area contributed by atoms with Gasteiger partial charge in [0.15, 0.2) is 0 Å². The Kier molecular flexibility index (Phi) is 2.99. The summed E-state index contributed by atoms with van der Waals surface area (Å²) in [6.45, 7) is 6.62. The summed E-state index contributed by atoms with van der Waals surface area (Å²) in [5, 5.41) is 0. The molecule has 0 heterocycles. The lowest BCUT2D eigenvalue weighted by Gasteiger charge is -2.30. The van der Waals surface area contributed by atoms with Gasteiger partial charge < -0.3 is 4.74 Å². The molecule has 0 N–H and O–H groups in total. The van der Waals surface area contributed by atoms with Gasteiger partial charge >= 0.3 is 5.97 Å². The summed E-state index contributed by atoms with van der Waals surface area (Å²) in [6.07, 6.45) is 3.35. The van der Waals surface area contributed by atoms with E-state index in [2.05, 4.69) is 20.8 Å². The molecule has 0 aromatic heterocycles. The highest BCUT2D eigenvalue weighted by Gasteiger charge is 2.40. The normalized spacial score (nSPS) is 28.9. The van der Waals surface area contributed by atoms with Crippen molar-refractivity contribution in [1.29, 1.82) is 0 Å². The van der Waals surface area contributed by atoms with Gasteiger partial charge in [0.25, 0.3) is 0 Å². The highest BCUT2D eigenvalue weighted by atomic mass is 16.5. The Bertz CT molecular complexity index is 191. The Morgan fingerprint density at radius 3 is 2.38 bits per heavy atom. The zero-order valence-corrected chi connectivity index (χ0v) is 9.09. The molecule has 0 aromatic rings. The summed E-state index contributed by atoms with van der Waals surface area (Å²) < 4.78 is 4.82. The van der Waals surface area contributed by atoms with Crippen LogP contribution in [0.25, 0.3) is 0 Å². The van der Waals surface area contributed by atoms with Gasteiger partial charge in [0.05, 0.1) is 13.0 Å². The zero-order valence-electron chi connectivity index (χ0n) is 9.09. The number of esters is 1. The van der Waals surface area contributed by atoms with Crippen LogP contribution in [0.2, 0.25) is 0 Å². The monoisotopic (exact) mass is 184 g/mol. The van der Waals surface area contributed by atoms with E-state index in [1.807, 2.05) is 0 Å². The summed E-state index contributed by atoms with van der Waals surface area (Å²) >= 11 is 0. The standard InChI is InChI=1S/C11H20O2/c1-11(2,3)9-7-5-6-8(9)10(12)13-4/h8-9H,5-7H2,1-4H3. The third-order valence-corrected chi connectivity index (χ3v) is 3.13. The maximum atomic E-state index is 11.4. The average Bonchev–Trinajstić information content (AvgIpc) is 2.49. The van der Waals surface area contributed by atoms with Crippen LogP contribution in [0, 0.1) is 17.3 Å². The number of carbonyl (C=O) groups is 1. The van der Waals surface area contributed by atoms with Crippen LogP contribution in [-0.4, -0.2) is 13.1 Å². The number of hydrogen-bond donors (Lipinski definition) is 0. The van der Waals surface area contributed by atoms with Gasteiger partial charge in [-0.1, -0.05) is 27.2 Å². The van der Waals surface area contributed by atoms with Gasteiger partial charge in [0, 0.05) is 0 Å². The van der Waals surface area contributed by atoms with Crippen molar-refractivity contribution < 1.29 is 9.53 Å². The van der Waals surface area contributed by atoms with Gasteiger partial charge in [0.1, 0.15) is 0 Å². The van der Waals surface area contributed by atoms with E-state index in [1.54, 1.807) is 0 Å². The SMILES string of the molecule is COC(=O)C1CCCC1C(C)(C)C. The molecule has 1 aliphatic carbocycles. The number of carbonyl (C=O) groups excluding carboxylic acids is 1. The second-order valence-electron chi connectivity index (χ2n) is 5.03. The Morgan fingerprint density at radius 1 is 1.31 bits per heavy atom. The predicted molar refractivity (Wildman–Crippen MR) is 52.3 cm³/mol. The predicted octanol–water partition coefficient (Wildman–Crippen LogP) is 2.62. The number of ether oxygens (including phenoxy) is 1. The fourth-order valence-corrected chi connectivity index (χ4v) is 2.43. The molecule has 2 unspecified atom stereocenters. The average molecular weight is 184 g/mol. The minimum Gasteiger partial charge on any atom is -0.469 e. The summed E-state index contributed by atoms with van der Waals surface area (Å²) in [5.74, 6) is 0.627. The minimum atomic E-state index is -0.0163. The maximum Gasteiger partial charge on any atom is 0.308 e. The van der Waals surface area contributed by atoms with Gasteiger partial charge in [-0.15, -0.1) is 0 Å². The second-order valence-corrected chi connectivity index (χ2v) is 5.03. The lowest BCUT2D eigenvalue weighted by Crippen LogP contribution is -2.29. The van der Waals surface area contributed by atoms with Crippen LogP contribution in [-0.2, 0) is 9.53 Å². The molecule has 0 radical (unpaired) electrons. The molecular formula is C11H20O2. The smallest absolute Gasteiger partial charge is 0.308 e. The van der Waals surface area contributed by atoms with Crippen molar-refractivity contribution in [3.63, 3.8) is 0 Å². The molecule has 76 valence electrons. The molecule has 1 saturated carbocycles. The first-order chi connectivity index (χ1) is 5.96. The first-order valence-electron chi connectivity index (χ1n) is 5.04. The van der Waals surface area contributed by atoms with E-state index < -0.39 is 0 Å². The van der Waals surface area contributed by atoms with E-state index in [0.717, 1.165) is 6.42 Å². The molecule has 2 atom stereocenters. The molecular weight excluding hydrogens is 164 g/mol. The molecule has 1 aliphatic rings. The Hall–Kier alpha value is -0.530. The van der Waals surface area contributed by atoms with Crippen molar-refractivity contribution in [1.82, 2.24) is 0 Å². The van der Waals surface area contributed by atoms with Crippen LogP contribution in [0.15, 0.2) is 0 Å². The van der Waals surface area contributed by atoms with Gasteiger partial charge in [-0.2, -0.15) is 0 Å². The lowest BCUT2D eigenvalue weighted by atomic mass is 9.75. The highest BCUT2D eigenvalue weighted by Crippen LogP contribution is 2.43. The quantitative estimate of drug-likeness (QED) is 0.585. The summed E-state index contributed by atoms with van der Waals surface area (Å²) in [6, 6.07) is 0. The molecule has 2 heteroatoms. The molecule has 0 spiro atoms. The summed E-state index contributed by atoms with van der Waals surface area (Å²) in [7, 11) is 1.49. The van der Waals surface area contributed by atoms with Crippen molar-refractivity contribution in [2.24, 2.45) is 17.3 Å². The third kappa shape index (κ3) is 2.23. The maximum absolute atomic E-state index is 11.4. The Morgan fingerprint density at radius 2 is 1.92 bits per heavy atom. The molecule has 1 fully saturated rings. The largest absolute Gasteiger partial charge is 0.469 e. The fraction of sp³-hybridized carbons (Fsp3) is 0.909. The number of methoxy groups -OCH3 is 1. The van der Waals surface area contributed by atoms with Crippen molar-refractivity contribution >= 4 is 5.97 Å². The third-order valence-electron chi connectivity index (χ3n) is 3.13. The van der Waals surface area contributed by atoms with Gasteiger partial charge in [-0.3, -0.25) is 4.79 Å². The summed E-state index contributed by atoms with van der Waals surface area (Å²) in [5.41, 5.74) is 0.232. The van der Waals surface area contributed by atoms with E-state index in [-0.39, 0.29) is 17.3 Å². The van der Waals surface area contributed by atoms with Crippen molar-refractivity contribution in [2.75, 3.05) is 7.11 Å². The molecule has 0 saturated heterocycles. The van der Waals surface area contributed by atoms with E-state index in [9.17, 15) is 4.79 Å². The molecule has 0 bridgehead atoms. The van der Waals surface area contributed by atoms with Gasteiger partial charge in [0.2, 0.25) is 0 Å². The van der Waals surface area contributed by atoms with Crippen molar-refractivity contribution in [3.8, 4) is 0 Å². The molecule has 13 heavy (non-hydrogen) atoms. The Labute approximate surface area is 80.7 Å². The van der Waals surface area contributed by atoms with Gasteiger partial charge in [-0.05, 0) is 24.2 Å². The van der Waals surface area contributed by atoms with Crippen LogP contribution < -0.4 is 0 Å². The van der Waals surface area contributed by atoms with Crippen LogP contribution in [0.1, 0.15) is 40.0 Å². The lowest BCUT2D eigenvalue weighted by molar-refractivity contribution is -0.148. The van der Waals surface area contributed by atoms with Crippen molar-refractivity contribution in [3.05, 3.63) is 0 Å². The minimum absolute atomic E-state index is 0.0163. The van der Waals surface area contributed by atoms with Crippen LogP contribution in [0.4, 0.5) is 0 Å². The van der Waals surface area contributed by atoms with E-state index in [4.69, 9.17) is 4.74 Å².